The molecule has 27 heavy (non-hydrogen) atoms. The Morgan fingerprint density at radius 3 is 2.37 bits per heavy atom. The van der Waals surface area contributed by atoms with Crippen molar-refractivity contribution in [2.45, 2.75) is 11.8 Å². The molecule has 1 amide bonds. The predicted molar refractivity (Wildman–Crippen MR) is 105 cm³/mol. The Hall–Kier alpha value is -2.71. The maximum atomic E-state index is 12.6. The van der Waals surface area contributed by atoms with Crippen LogP contribution in [0.2, 0.25) is 0 Å². The number of ether oxygens (including phenoxy) is 1. The summed E-state index contributed by atoms with van der Waals surface area (Å²) in [5.74, 6) is -0.984. The summed E-state index contributed by atoms with van der Waals surface area (Å²) >= 11 is 1.27. The van der Waals surface area contributed by atoms with E-state index in [1.54, 1.807) is 19.1 Å². The number of nitrogens with one attached hydrogen (secondary N) is 1. The number of methoxy groups -OCH3 is 1. The van der Waals surface area contributed by atoms with Gasteiger partial charge in [-0.3, -0.25) is 4.79 Å². The number of carbonyl (C=O) groups excluding carboxylic acids is 2. The molecule has 6 nitrogen and oxygen atoms in total. The minimum atomic E-state index is -3.33. The molecule has 0 radical (unpaired) electrons. The maximum Gasteiger partial charge on any atom is 0.341 e. The van der Waals surface area contributed by atoms with Crippen LogP contribution in [-0.2, 0) is 14.6 Å². The number of carbonyl (C=O) groups is 2. The quantitative estimate of drug-likeness (QED) is 0.656. The second-order valence-corrected chi connectivity index (χ2v) is 9.01. The predicted octanol–water partition coefficient (Wildman–Crippen LogP) is 3.73. The van der Waals surface area contributed by atoms with E-state index in [0.29, 0.717) is 21.5 Å². The Bertz CT molecular complexity index is 1110. The zero-order chi connectivity index (χ0) is 19.6. The first-order valence-electron chi connectivity index (χ1n) is 8.11. The number of amides is 1. The molecule has 1 heterocycles. The normalized spacial score (nSPS) is 11.3. The minimum Gasteiger partial charge on any atom is -0.465 e. The molecule has 0 unspecified atom stereocenters. The number of thiophene rings is 1. The number of esters is 1. The van der Waals surface area contributed by atoms with Gasteiger partial charge in [0.15, 0.2) is 9.84 Å². The van der Waals surface area contributed by atoms with Crippen molar-refractivity contribution < 1.29 is 22.7 Å². The summed E-state index contributed by atoms with van der Waals surface area (Å²) in [4.78, 5) is 24.9. The molecule has 0 spiro atoms. The van der Waals surface area contributed by atoms with E-state index in [1.807, 2.05) is 12.1 Å². The van der Waals surface area contributed by atoms with Crippen LogP contribution in [0.1, 0.15) is 27.6 Å². The molecule has 0 aliphatic rings. The number of rotatable bonds is 5. The van der Waals surface area contributed by atoms with Crippen LogP contribution in [0.4, 0.5) is 5.00 Å². The van der Waals surface area contributed by atoms with Gasteiger partial charge in [-0.05, 0) is 30.3 Å². The first-order chi connectivity index (χ1) is 12.9. The number of benzene rings is 2. The second kappa shape index (κ2) is 7.50. The molecule has 2 aromatic carbocycles. The number of hydrogen-bond donors (Lipinski definition) is 1. The average Bonchev–Trinajstić information content (AvgIpc) is 3.05. The molecule has 0 aliphatic carbocycles. The Morgan fingerprint density at radius 1 is 1.07 bits per heavy atom. The summed E-state index contributed by atoms with van der Waals surface area (Å²) in [6, 6.07) is 13.0. The van der Waals surface area contributed by atoms with Crippen LogP contribution < -0.4 is 5.32 Å². The molecule has 1 N–H and O–H groups in total. The topological polar surface area (TPSA) is 89.5 Å². The fourth-order valence-corrected chi connectivity index (χ4v) is 4.56. The summed E-state index contributed by atoms with van der Waals surface area (Å²) in [5, 5.41) is 3.82. The number of fused-ring (bicyclic) bond motifs is 1. The van der Waals surface area contributed by atoms with Crippen molar-refractivity contribution in [3.05, 3.63) is 59.7 Å². The Labute approximate surface area is 160 Å². The standard InChI is InChI=1S/C19H17NO5S2/c1-3-27(23,24)13-10-8-12(9-11-13)17(21)20-18-16(19(22)25-2)14-6-4-5-7-15(14)26-18/h4-11H,3H2,1-2H3,(H,20,21). The van der Waals surface area contributed by atoms with Crippen LogP contribution >= 0.6 is 11.3 Å². The Balaban J connectivity index is 1.93. The Morgan fingerprint density at radius 2 is 1.74 bits per heavy atom. The largest absolute Gasteiger partial charge is 0.465 e. The summed E-state index contributed by atoms with van der Waals surface area (Å²) in [5.41, 5.74) is 0.593. The van der Waals surface area contributed by atoms with Crippen LogP contribution in [0.3, 0.4) is 0 Å². The lowest BCUT2D eigenvalue weighted by atomic mass is 10.1. The monoisotopic (exact) mass is 403 g/mol. The van der Waals surface area contributed by atoms with Crippen molar-refractivity contribution in [3.8, 4) is 0 Å². The lowest BCUT2D eigenvalue weighted by molar-refractivity contribution is 0.0604. The van der Waals surface area contributed by atoms with Gasteiger partial charge in [0.2, 0.25) is 0 Å². The van der Waals surface area contributed by atoms with Crippen LogP contribution in [0.15, 0.2) is 53.4 Å². The van der Waals surface area contributed by atoms with Gasteiger partial charge in [0.1, 0.15) is 10.6 Å². The molecule has 0 aliphatic heterocycles. The van der Waals surface area contributed by atoms with Crippen LogP contribution in [0, 0.1) is 0 Å². The van der Waals surface area contributed by atoms with Gasteiger partial charge in [-0.1, -0.05) is 25.1 Å². The maximum absolute atomic E-state index is 12.6. The van der Waals surface area contributed by atoms with Gasteiger partial charge in [-0.2, -0.15) is 0 Å². The van der Waals surface area contributed by atoms with E-state index < -0.39 is 21.7 Å². The van der Waals surface area contributed by atoms with Crippen LogP contribution in [0.25, 0.3) is 10.1 Å². The highest BCUT2D eigenvalue weighted by Crippen LogP contribution is 2.36. The molecule has 0 bridgehead atoms. The molecule has 0 saturated heterocycles. The van der Waals surface area contributed by atoms with Gasteiger partial charge in [0.05, 0.1) is 17.8 Å². The molecular weight excluding hydrogens is 386 g/mol. The van der Waals surface area contributed by atoms with Crippen LogP contribution in [0.5, 0.6) is 0 Å². The lowest BCUT2D eigenvalue weighted by Crippen LogP contribution is -2.14. The summed E-state index contributed by atoms with van der Waals surface area (Å²) < 4.78 is 29.4. The van der Waals surface area contributed by atoms with E-state index in [2.05, 4.69) is 5.32 Å². The van der Waals surface area contributed by atoms with E-state index in [4.69, 9.17) is 4.74 Å². The third-order valence-corrected chi connectivity index (χ3v) is 6.90. The highest BCUT2D eigenvalue weighted by molar-refractivity contribution is 7.91. The molecule has 0 saturated carbocycles. The van der Waals surface area contributed by atoms with Gasteiger partial charge in [0.25, 0.3) is 5.91 Å². The summed E-state index contributed by atoms with van der Waals surface area (Å²) in [6.07, 6.45) is 0. The van der Waals surface area contributed by atoms with E-state index in [9.17, 15) is 18.0 Å². The molecule has 8 heteroatoms. The fraction of sp³-hybridized carbons (Fsp3) is 0.158. The lowest BCUT2D eigenvalue weighted by Gasteiger charge is -2.07. The molecule has 140 valence electrons. The first kappa shape index (κ1) is 19.1. The van der Waals surface area contributed by atoms with Crippen molar-refractivity contribution in [1.29, 1.82) is 0 Å². The van der Waals surface area contributed by atoms with Crippen molar-refractivity contribution in [2.24, 2.45) is 0 Å². The first-order valence-corrected chi connectivity index (χ1v) is 10.6. The number of hydrogen-bond acceptors (Lipinski definition) is 6. The molecule has 0 atom stereocenters. The van der Waals surface area contributed by atoms with Crippen molar-refractivity contribution >= 4 is 48.1 Å². The molecular formula is C19H17NO5S2. The van der Waals surface area contributed by atoms with Crippen molar-refractivity contribution in [2.75, 3.05) is 18.2 Å². The minimum absolute atomic E-state index is 0.0111. The number of anilines is 1. The molecule has 3 aromatic rings. The van der Waals surface area contributed by atoms with Gasteiger partial charge >= 0.3 is 5.97 Å². The average molecular weight is 403 g/mol. The molecule has 0 fully saturated rings. The van der Waals surface area contributed by atoms with Crippen molar-refractivity contribution in [1.82, 2.24) is 0 Å². The van der Waals surface area contributed by atoms with E-state index >= 15 is 0 Å². The van der Waals surface area contributed by atoms with Gasteiger partial charge in [-0.25, -0.2) is 13.2 Å². The Kier molecular flexibility index (Phi) is 5.29. The molecule has 1 aromatic heterocycles. The fourth-order valence-electron chi connectivity index (χ4n) is 2.59. The zero-order valence-electron chi connectivity index (χ0n) is 14.7. The molecule has 3 rings (SSSR count). The highest BCUT2D eigenvalue weighted by atomic mass is 32.2. The van der Waals surface area contributed by atoms with E-state index in [1.165, 1.54) is 42.7 Å². The van der Waals surface area contributed by atoms with E-state index in [0.717, 1.165) is 4.70 Å². The smallest absolute Gasteiger partial charge is 0.341 e. The van der Waals surface area contributed by atoms with Crippen molar-refractivity contribution in [3.63, 3.8) is 0 Å². The highest BCUT2D eigenvalue weighted by Gasteiger charge is 2.21. The number of sulfone groups is 1. The zero-order valence-corrected chi connectivity index (χ0v) is 16.3. The third-order valence-electron chi connectivity index (χ3n) is 4.07. The SMILES string of the molecule is CCS(=O)(=O)c1ccc(C(=O)Nc2sc3ccccc3c2C(=O)OC)cc1. The summed E-state index contributed by atoms with van der Waals surface area (Å²) in [7, 11) is -2.04. The van der Waals surface area contributed by atoms with Gasteiger partial charge in [-0.15, -0.1) is 11.3 Å². The van der Waals surface area contributed by atoms with E-state index in [-0.39, 0.29) is 10.6 Å². The second-order valence-electron chi connectivity index (χ2n) is 5.68. The summed E-state index contributed by atoms with van der Waals surface area (Å²) in [6.45, 7) is 1.56. The van der Waals surface area contributed by atoms with Crippen LogP contribution in [-0.4, -0.2) is 33.2 Å². The third kappa shape index (κ3) is 3.72. The van der Waals surface area contributed by atoms with Gasteiger partial charge in [0, 0.05) is 15.6 Å². The van der Waals surface area contributed by atoms with Gasteiger partial charge < -0.3 is 10.1 Å².